The highest BCUT2D eigenvalue weighted by Crippen LogP contribution is 2.45. The van der Waals surface area contributed by atoms with Gasteiger partial charge in [0, 0.05) is 25.7 Å². The third-order valence-corrected chi connectivity index (χ3v) is 18.2. The minimum absolute atomic E-state index is 0.0335. The number of carbonyl (C=O) groups excluding carboxylic acids is 4. The summed E-state index contributed by atoms with van der Waals surface area (Å²) >= 11 is 0. The second-order valence-corrected chi connectivity index (χ2v) is 29.2. The lowest BCUT2D eigenvalue weighted by Crippen LogP contribution is -2.30. The SMILES string of the molecule is CC/C=C\C/C=C\C/C=C\C/C=C\C/C=C\C/C=C\CCC(=O)OCC(COP(=O)(O)OCC(O)COP(=O)(O)OCC(COC(=O)CCC/C=C\C/C=C\C/C=C\C/C=C\C/C=C\CC)OC(=O)CCCCCCC/C=C\CCCCCC)OC(=O)CCCCCCCCCCCCCCCCC. The molecular weight excluding hydrogens is 1350 g/mol. The molecule has 0 aromatic carbocycles. The number of hydrogen-bond donors (Lipinski definition) is 3. The van der Waals surface area contributed by atoms with Gasteiger partial charge < -0.3 is 33.8 Å². The van der Waals surface area contributed by atoms with E-state index in [4.69, 9.17) is 37.0 Å². The maximum Gasteiger partial charge on any atom is 0.472 e. The van der Waals surface area contributed by atoms with Crippen molar-refractivity contribution < 1.29 is 80.2 Å². The molecule has 0 aliphatic rings. The highest BCUT2D eigenvalue weighted by atomic mass is 31.2. The van der Waals surface area contributed by atoms with Gasteiger partial charge in [0.1, 0.15) is 19.3 Å². The summed E-state index contributed by atoms with van der Waals surface area (Å²) in [5.41, 5.74) is 0. The van der Waals surface area contributed by atoms with Crippen molar-refractivity contribution in [2.45, 2.75) is 329 Å². The fourth-order valence-corrected chi connectivity index (χ4v) is 11.9. The highest BCUT2D eigenvalue weighted by Gasteiger charge is 2.30. The molecular formula is C85H142O17P2. The molecule has 5 unspecified atom stereocenters. The Morgan fingerprint density at radius 3 is 0.875 bits per heavy atom. The summed E-state index contributed by atoms with van der Waals surface area (Å²) in [5, 5.41) is 10.6. The van der Waals surface area contributed by atoms with Crippen molar-refractivity contribution in [3.63, 3.8) is 0 Å². The summed E-state index contributed by atoms with van der Waals surface area (Å²) in [6.07, 6.45) is 87.1. The molecule has 594 valence electrons. The van der Waals surface area contributed by atoms with Crippen LogP contribution in [0.2, 0.25) is 0 Å². The number of esters is 4. The molecule has 19 heteroatoms. The van der Waals surface area contributed by atoms with Gasteiger partial charge in [-0.2, -0.15) is 0 Å². The van der Waals surface area contributed by atoms with Gasteiger partial charge in [-0.1, -0.05) is 302 Å². The van der Waals surface area contributed by atoms with E-state index in [1.165, 1.54) is 89.9 Å². The Labute approximate surface area is 630 Å². The Bertz CT molecular complexity index is 2540. The molecule has 5 atom stereocenters. The molecule has 0 heterocycles. The Kier molecular flexibility index (Phi) is 72.4. The predicted molar refractivity (Wildman–Crippen MR) is 427 cm³/mol. The van der Waals surface area contributed by atoms with Gasteiger partial charge in [-0.05, 0) is 128 Å². The van der Waals surface area contributed by atoms with Crippen molar-refractivity contribution >= 4 is 39.5 Å². The van der Waals surface area contributed by atoms with E-state index in [2.05, 4.69) is 143 Å². The number of ether oxygens (including phenoxy) is 4. The van der Waals surface area contributed by atoms with E-state index < -0.39 is 97.5 Å². The van der Waals surface area contributed by atoms with Crippen molar-refractivity contribution in [1.29, 1.82) is 0 Å². The van der Waals surface area contributed by atoms with Crippen molar-refractivity contribution in [1.82, 2.24) is 0 Å². The third-order valence-electron chi connectivity index (χ3n) is 16.3. The van der Waals surface area contributed by atoms with E-state index in [1.807, 2.05) is 30.4 Å². The lowest BCUT2D eigenvalue weighted by molar-refractivity contribution is -0.161. The lowest BCUT2D eigenvalue weighted by atomic mass is 10.0. The largest absolute Gasteiger partial charge is 0.472 e. The van der Waals surface area contributed by atoms with Crippen LogP contribution in [0.25, 0.3) is 0 Å². The van der Waals surface area contributed by atoms with Gasteiger partial charge in [0.2, 0.25) is 0 Å². The van der Waals surface area contributed by atoms with E-state index in [1.54, 1.807) is 0 Å². The molecule has 3 N–H and O–H groups in total. The van der Waals surface area contributed by atoms with Gasteiger partial charge >= 0.3 is 39.5 Å². The molecule has 0 saturated carbocycles. The van der Waals surface area contributed by atoms with E-state index in [9.17, 15) is 43.2 Å². The van der Waals surface area contributed by atoms with Gasteiger partial charge in [-0.25, -0.2) is 9.13 Å². The van der Waals surface area contributed by atoms with Crippen LogP contribution >= 0.6 is 15.6 Å². The van der Waals surface area contributed by atoms with Gasteiger partial charge in [0.15, 0.2) is 12.2 Å². The zero-order chi connectivity index (χ0) is 76.0. The topological polar surface area (TPSA) is 237 Å². The van der Waals surface area contributed by atoms with Crippen LogP contribution in [0, 0.1) is 0 Å². The zero-order valence-electron chi connectivity index (χ0n) is 64.9. The van der Waals surface area contributed by atoms with Crippen LogP contribution in [0.4, 0.5) is 0 Å². The lowest BCUT2D eigenvalue weighted by Gasteiger charge is -2.21. The number of unbranched alkanes of at least 4 members (excludes halogenated alkanes) is 24. The van der Waals surface area contributed by atoms with E-state index in [0.717, 1.165) is 128 Å². The first-order chi connectivity index (χ1) is 50.7. The molecule has 17 nitrogen and oxygen atoms in total. The molecule has 0 aliphatic heterocycles. The number of allylic oxidation sites excluding steroid dienone is 24. The first kappa shape index (κ1) is 98.9. The summed E-state index contributed by atoms with van der Waals surface area (Å²) in [6.45, 7) is 4.49. The second kappa shape index (κ2) is 76.1. The minimum atomic E-state index is -5.00. The molecule has 0 aliphatic carbocycles. The first-order valence-corrected chi connectivity index (χ1v) is 43.1. The highest BCUT2D eigenvalue weighted by molar-refractivity contribution is 7.47. The van der Waals surface area contributed by atoms with Crippen molar-refractivity contribution in [3.8, 4) is 0 Å². The number of carbonyl (C=O) groups is 4. The number of hydrogen-bond acceptors (Lipinski definition) is 15. The van der Waals surface area contributed by atoms with Crippen LogP contribution in [0.5, 0.6) is 0 Å². The van der Waals surface area contributed by atoms with Crippen LogP contribution < -0.4 is 0 Å². The maximum atomic E-state index is 13.1. The zero-order valence-corrected chi connectivity index (χ0v) is 66.7. The Morgan fingerprint density at radius 2 is 0.529 bits per heavy atom. The van der Waals surface area contributed by atoms with Crippen LogP contribution in [0.3, 0.4) is 0 Å². The molecule has 104 heavy (non-hydrogen) atoms. The van der Waals surface area contributed by atoms with E-state index in [-0.39, 0.29) is 25.7 Å². The average molecular weight is 1500 g/mol. The van der Waals surface area contributed by atoms with Gasteiger partial charge in [0.25, 0.3) is 0 Å². The van der Waals surface area contributed by atoms with Crippen molar-refractivity contribution in [2.24, 2.45) is 0 Å². The fourth-order valence-electron chi connectivity index (χ4n) is 10.3. The van der Waals surface area contributed by atoms with Crippen molar-refractivity contribution in [3.05, 3.63) is 146 Å². The number of phosphoric acid groups is 2. The summed E-state index contributed by atoms with van der Waals surface area (Å²) in [5.74, 6) is -2.35. The van der Waals surface area contributed by atoms with Gasteiger partial charge in [-0.15, -0.1) is 0 Å². The molecule has 0 amide bonds. The quantitative estimate of drug-likeness (QED) is 0.0169. The molecule has 0 spiro atoms. The number of aliphatic hydroxyl groups excluding tert-OH is 1. The number of phosphoric ester groups is 2. The number of aliphatic hydroxyl groups is 1. The third kappa shape index (κ3) is 75.2. The number of rotatable bonds is 74. The first-order valence-electron chi connectivity index (χ1n) is 40.1. The average Bonchev–Trinajstić information content (AvgIpc) is 0.911. The monoisotopic (exact) mass is 1500 g/mol. The molecule has 0 radical (unpaired) electrons. The Hall–Kier alpha value is -5.06. The minimum Gasteiger partial charge on any atom is -0.462 e. The Balaban J connectivity index is 5.46. The second-order valence-electron chi connectivity index (χ2n) is 26.2. The van der Waals surface area contributed by atoms with E-state index >= 15 is 0 Å². The van der Waals surface area contributed by atoms with E-state index in [0.29, 0.717) is 38.5 Å². The van der Waals surface area contributed by atoms with Crippen LogP contribution in [0.1, 0.15) is 310 Å². The maximum absolute atomic E-state index is 13.1. The van der Waals surface area contributed by atoms with Crippen LogP contribution in [-0.4, -0.2) is 96.7 Å². The summed E-state index contributed by atoms with van der Waals surface area (Å²) in [7, 11) is -10.00. The van der Waals surface area contributed by atoms with Crippen molar-refractivity contribution in [2.75, 3.05) is 39.6 Å². The predicted octanol–water partition coefficient (Wildman–Crippen LogP) is 23.4. The standard InChI is InChI=1S/C85H142O17P2/c1-5-9-13-17-21-25-29-33-36-38-39-41-44-47-50-54-58-62-66-70-83(88)96-76-81(102-85(90)72-68-64-60-56-52-48-42-35-31-27-23-19-15-11-7-3)78-100-104(93,94)98-74-79(86)73-97-103(91,92)99-77-80(101-84(89)71-67-63-59-55-51-45-32-28-24-20-16-12-8-4)75-95-82(87)69-65-61-57-53-49-46-43-40-37-34-30-26-22-18-14-10-6-2/h9-10,13-14,21-22,25-26,28,32-34,36-37,39,41,43,46-47,50,53,57-58,62,79-81,86H,5-8,11-12,15-20,23-24,27,29-31,35,38,40,42,44-45,48-49,51-52,54-56,59-61,63-78H2,1-4H3,(H,91,92)(H,93,94)/b13-9-,14-10-,25-21-,26-22-,32-28-,36-33-,37-34-,41-39-,46-43-,50-47-,57-53-,62-58-. The Morgan fingerprint density at radius 1 is 0.279 bits per heavy atom. The molecule has 0 aromatic rings. The molecule has 0 aromatic heterocycles. The van der Waals surface area contributed by atoms with Gasteiger partial charge in [0.05, 0.1) is 26.4 Å². The summed E-state index contributed by atoms with van der Waals surface area (Å²) < 4.78 is 68.5. The normalized spacial score (nSPS) is 14.6. The molecule has 0 fully saturated rings. The van der Waals surface area contributed by atoms with Crippen LogP contribution in [-0.2, 0) is 65.4 Å². The molecule has 0 bridgehead atoms. The fraction of sp³-hybridized carbons (Fsp3) is 0.671. The summed E-state index contributed by atoms with van der Waals surface area (Å²) in [6, 6.07) is 0. The summed E-state index contributed by atoms with van der Waals surface area (Å²) in [4.78, 5) is 73.0. The van der Waals surface area contributed by atoms with Gasteiger partial charge in [-0.3, -0.25) is 37.3 Å². The molecule has 0 rings (SSSR count). The smallest absolute Gasteiger partial charge is 0.462 e. The van der Waals surface area contributed by atoms with Crippen LogP contribution in [0.15, 0.2) is 146 Å². The molecule has 0 saturated heterocycles.